The third-order valence-electron chi connectivity index (χ3n) is 1.35. The molecule has 2 aromatic rings. The molecule has 1 N–H and O–H groups in total. The zero-order valence-electron chi connectivity index (χ0n) is 7.52. The van der Waals surface area contributed by atoms with Crippen LogP contribution >= 0.6 is 0 Å². The third-order valence-corrected chi connectivity index (χ3v) is 1.35. The minimum atomic E-state index is 0. The molecule has 0 saturated carbocycles. The molecule has 1 aromatic carbocycles. The molecule has 0 atom stereocenters. The van der Waals surface area contributed by atoms with Crippen molar-refractivity contribution < 1.29 is 28.5 Å². The number of benzene rings is 1. The molecule has 0 saturated heterocycles. The highest BCUT2D eigenvalue weighted by Gasteiger charge is 1.78. The first-order valence-corrected chi connectivity index (χ1v) is 3.87. The lowest BCUT2D eigenvalue weighted by Crippen LogP contribution is -3.00. The van der Waals surface area contributed by atoms with E-state index >= 15 is 0 Å². The summed E-state index contributed by atoms with van der Waals surface area (Å²) in [5.41, 5.74) is 0. The number of halogens is 1. The van der Waals surface area contributed by atoms with E-state index in [-0.39, 0.29) is 24.0 Å². The molecule has 0 unspecified atom stereocenters. The Morgan fingerprint density at radius 2 is 1.38 bits per heavy atom. The second kappa shape index (κ2) is 7.79. The smallest absolute Gasteiger partial charge is 0.241 e. The van der Waals surface area contributed by atoms with Crippen LogP contribution < -0.4 is 28.5 Å². The van der Waals surface area contributed by atoms with Gasteiger partial charge in [-0.1, -0.05) is 36.4 Å². The van der Waals surface area contributed by atoms with Crippen LogP contribution in [0.15, 0.2) is 55.1 Å². The van der Waals surface area contributed by atoms with Gasteiger partial charge in [0, 0.05) is 0 Å². The molecule has 0 aliphatic carbocycles. The van der Waals surface area contributed by atoms with E-state index in [0.29, 0.717) is 0 Å². The highest BCUT2D eigenvalue weighted by Crippen LogP contribution is 1.79. The first-order valence-electron chi connectivity index (χ1n) is 3.87. The molecular weight excluding hydrogens is 275 g/mol. The average molecular weight is 288 g/mol. The fraction of sp³-hybridized carbons (Fsp3) is 0.100. The number of H-pyrrole nitrogens is 1. The standard InChI is InChI=1S/C6H6.C4H6N2.HI/c1-2-4-6-5-3-1;1-6-3-2-5-4-6;/h1-6H;2-4H,1H3;1H. The van der Waals surface area contributed by atoms with Gasteiger partial charge < -0.3 is 24.0 Å². The molecule has 0 fully saturated rings. The number of nitrogens with one attached hydrogen (secondary N) is 1. The van der Waals surface area contributed by atoms with Crippen LogP contribution in [0.2, 0.25) is 0 Å². The van der Waals surface area contributed by atoms with Crippen LogP contribution in [0, 0.1) is 0 Å². The fourth-order valence-electron chi connectivity index (χ4n) is 0.749. The Bertz CT molecular complexity index is 252. The summed E-state index contributed by atoms with van der Waals surface area (Å²) < 4.78 is 1.94. The van der Waals surface area contributed by atoms with Gasteiger partial charge in [-0.05, 0) is 0 Å². The lowest BCUT2D eigenvalue weighted by Gasteiger charge is -1.69. The number of aryl methyl sites for hydroxylation is 1. The first kappa shape index (κ1) is 12.2. The Hall–Kier alpha value is -0.840. The van der Waals surface area contributed by atoms with Gasteiger partial charge >= 0.3 is 0 Å². The minimum Gasteiger partial charge on any atom is -1.00 e. The zero-order valence-corrected chi connectivity index (χ0v) is 9.68. The number of hydrogen-bond acceptors (Lipinski definition) is 0. The van der Waals surface area contributed by atoms with Crippen molar-refractivity contribution in [2.24, 2.45) is 7.05 Å². The highest BCUT2D eigenvalue weighted by atomic mass is 127. The summed E-state index contributed by atoms with van der Waals surface area (Å²) in [7, 11) is 1.97. The normalized spacial score (nSPS) is 7.77. The SMILES string of the molecule is C[n+]1cc[nH]c1.[I-].c1ccccc1. The van der Waals surface area contributed by atoms with E-state index in [1.54, 1.807) is 0 Å². The molecule has 1 heterocycles. The lowest BCUT2D eigenvalue weighted by atomic mass is 10.4. The molecule has 0 amide bonds. The molecule has 0 radical (unpaired) electrons. The van der Waals surface area contributed by atoms with Gasteiger partial charge in [0.1, 0.15) is 12.4 Å². The second-order valence-electron chi connectivity index (χ2n) is 2.43. The van der Waals surface area contributed by atoms with E-state index in [1.807, 2.05) is 66.7 Å². The largest absolute Gasteiger partial charge is 1.00 e. The van der Waals surface area contributed by atoms with E-state index < -0.39 is 0 Å². The summed E-state index contributed by atoms with van der Waals surface area (Å²) in [4.78, 5) is 2.89. The Labute approximate surface area is 95.6 Å². The predicted octanol–water partition coefficient (Wildman–Crippen LogP) is -1.47. The van der Waals surface area contributed by atoms with Crippen LogP contribution in [0.4, 0.5) is 0 Å². The third kappa shape index (κ3) is 6.33. The first-order chi connectivity index (χ1) is 5.89. The summed E-state index contributed by atoms with van der Waals surface area (Å²) in [5, 5.41) is 0. The predicted molar refractivity (Wildman–Crippen MR) is 48.4 cm³/mol. The molecule has 0 aliphatic heterocycles. The summed E-state index contributed by atoms with van der Waals surface area (Å²) in [6, 6.07) is 12.0. The van der Waals surface area contributed by atoms with Crippen LogP contribution in [-0.4, -0.2) is 4.98 Å². The van der Waals surface area contributed by atoms with Crippen molar-refractivity contribution in [3.8, 4) is 0 Å². The molecule has 0 bridgehead atoms. The molecule has 0 spiro atoms. The Balaban J connectivity index is 0.000000206. The van der Waals surface area contributed by atoms with Crippen LogP contribution in [0.5, 0.6) is 0 Å². The highest BCUT2D eigenvalue weighted by molar-refractivity contribution is 4.99. The van der Waals surface area contributed by atoms with Crippen molar-refractivity contribution in [1.82, 2.24) is 4.98 Å². The number of rotatable bonds is 0. The maximum Gasteiger partial charge on any atom is 0.241 e. The van der Waals surface area contributed by atoms with Gasteiger partial charge in [-0.2, -0.15) is 0 Å². The number of aromatic nitrogens is 2. The topological polar surface area (TPSA) is 19.7 Å². The van der Waals surface area contributed by atoms with Gasteiger partial charge in [0.05, 0.1) is 7.05 Å². The Morgan fingerprint density at radius 3 is 1.54 bits per heavy atom. The Kier molecular flexibility index (Phi) is 7.29. The molecule has 1 aromatic heterocycles. The lowest BCUT2D eigenvalue weighted by molar-refractivity contribution is -0.670. The van der Waals surface area contributed by atoms with Crippen molar-refractivity contribution in [2.45, 2.75) is 0 Å². The summed E-state index contributed by atoms with van der Waals surface area (Å²) in [5.74, 6) is 0. The molecule has 70 valence electrons. The number of hydrogen-bond donors (Lipinski definition) is 1. The maximum absolute atomic E-state index is 2.89. The number of aromatic amines is 1. The van der Waals surface area contributed by atoms with Crippen molar-refractivity contribution in [3.05, 3.63) is 55.1 Å². The average Bonchev–Trinajstić information content (AvgIpc) is 2.60. The van der Waals surface area contributed by atoms with Crippen LogP contribution in [-0.2, 0) is 7.05 Å². The molecule has 13 heavy (non-hydrogen) atoms. The maximum atomic E-state index is 2.89. The number of nitrogens with zero attached hydrogens (tertiary/aromatic N) is 1. The second-order valence-corrected chi connectivity index (χ2v) is 2.43. The van der Waals surface area contributed by atoms with Crippen molar-refractivity contribution in [1.29, 1.82) is 0 Å². The summed E-state index contributed by atoms with van der Waals surface area (Å²) >= 11 is 0. The molecular formula is C10H13IN2. The van der Waals surface area contributed by atoms with Gasteiger partial charge in [-0.3, -0.25) is 4.98 Å². The monoisotopic (exact) mass is 288 g/mol. The van der Waals surface area contributed by atoms with Crippen molar-refractivity contribution in [2.75, 3.05) is 0 Å². The molecule has 2 nitrogen and oxygen atoms in total. The quantitative estimate of drug-likeness (QED) is 0.451. The van der Waals surface area contributed by atoms with Gasteiger partial charge in [-0.25, -0.2) is 4.57 Å². The van der Waals surface area contributed by atoms with Crippen molar-refractivity contribution in [3.63, 3.8) is 0 Å². The summed E-state index contributed by atoms with van der Waals surface area (Å²) in [6.07, 6.45) is 5.69. The van der Waals surface area contributed by atoms with Crippen LogP contribution in [0.3, 0.4) is 0 Å². The van der Waals surface area contributed by atoms with E-state index in [1.165, 1.54) is 0 Å². The van der Waals surface area contributed by atoms with E-state index in [9.17, 15) is 0 Å². The van der Waals surface area contributed by atoms with E-state index in [4.69, 9.17) is 0 Å². The van der Waals surface area contributed by atoms with Crippen LogP contribution in [0.1, 0.15) is 0 Å². The van der Waals surface area contributed by atoms with E-state index in [2.05, 4.69) is 4.98 Å². The fourth-order valence-corrected chi connectivity index (χ4v) is 0.749. The molecule has 3 heteroatoms. The van der Waals surface area contributed by atoms with Gasteiger partial charge in [-0.15, -0.1) is 0 Å². The molecule has 2 rings (SSSR count). The zero-order chi connectivity index (χ0) is 8.65. The Morgan fingerprint density at radius 1 is 0.923 bits per heavy atom. The number of imidazole rings is 1. The van der Waals surface area contributed by atoms with Crippen molar-refractivity contribution >= 4 is 0 Å². The van der Waals surface area contributed by atoms with E-state index in [0.717, 1.165) is 0 Å². The van der Waals surface area contributed by atoms with Gasteiger partial charge in [0.15, 0.2) is 0 Å². The van der Waals surface area contributed by atoms with Crippen LogP contribution in [0.25, 0.3) is 0 Å². The van der Waals surface area contributed by atoms with Gasteiger partial charge in [0.25, 0.3) is 0 Å². The van der Waals surface area contributed by atoms with Gasteiger partial charge in [0.2, 0.25) is 6.33 Å². The molecule has 0 aliphatic rings. The summed E-state index contributed by atoms with van der Waals surface area (Å²) in [6.45, 7) is 0. The minimum absolute atomic E-state index is 0.